The summed E-state index contributed by atoms with van der Waals surface area (Å²) in [6.07, 6.45) is 17.4. The lowest BCUT2D eigenvalue weighted by Crippen LogP contribution is -2.54. The average Bonchev–Trinajstić information content (AvgIpc) is 3.61. The van der Waals surface area contributed by atoms with Crippen molar-refractivity contribution < 1.29 is 0 Å². The van der Waals surface area contributed by atoms with E-state index in [1.807, 2.05) is 24.8 Å². The molecular weight excluding hydrogens is 969 g/mol. The van der Waals surface area contributed by atoms with E-state index >= 15 is 0 Å². The standard InChI is InChI=1S/C76H66N4/c1-73-39-11-13-41-75(73,3)79(61-35-43-77-44-36-61)69-33-29-59(49-67(69)73)57-27-31-63-65(47-57)71(55-23-19-53(20-24-55)51-15-7-5-8-16-51)64-32-28-58(48-66(64)72(63)56-25-21-54(22-26-56)52-17-9-6-10-18-52)60-30-34-70-68(50-60)74(2)40-12-14-42-76(74,4)80(70)62-37-45-78-46-38-62/h5-10,15-38,43-50H,11-14,39-42H2,1-4H3/t73-,74?,75?,76?/m1/s1. The van der Waals surface area contributed by atoms with Gasteiger partial charge in [-0.1, -0.05) is 185 Å². The van der Waals surface area contributed by atoms with Gasteiger partial charge in [0.25, 0.3) is 0 Å². The summed E-state index contributed by atoms with van der Waals surface area (Å²) in [6, 6.07) is 78.4. The maximum absolute atomic E-state index is 4.43. The van der Waals surface area contributed by atoms with Crippen molar-refractivity contribution in [2.45, 2.75) is 101 Å². The minimum absolute atomic E-state index is 0.0129. The molecule has 9 aromatic carbocycles. The highest BCUT2D eigenvalue weighted by molar-refractivity contribution is 6.22. The third kappa shape index (κ3) is 7.27. The Hall–Kier alpha value is -8.60. The summed E-state index contributed by atoms with van der Waals surface area (Å²) in [5.41, 5.74) is 22.7. The Labute approximate surface area is 471 Å². The van der Waals surface area contributed by atoms with E-state index in [2.05, 4.69) is 254 Å². The molecule has 11 aromatic rings. The molecule has 4 heteroatoms. The van der Waals surface area contributed by atoms with E-state index < -0.39 is 0 Å². The van der Waals surface area contributed by atoms with E-state index in [-0.39, 0.29) is 21.9 Å². The van der Waals surface area contributed by atoms with Crippen LogP contribution in [0.2, 0.25) is 0 Å². The molecule has 80 heavy (non-hydrogen) atoms. The fourth-order valence-corrected chi connectivity index (χ4v) is 15.8. The van der Waals surface area contributed by atoms with Crippen molar-refractivity contribution in [1.29, 1.82) is 0 Å². The molecule has 0 saturated heterocycles. The molecule has 3 unspecified atom stereocenters. The number of nitrogens with zero attached hydrogens (tertiary/aromatic N) is 4. The third-order valence-electron chi connectivity index (χ3n) is 20.4. The van der Waals surface area contributed by atoms with Crippen molar-refractivity contribution in [2.24, 2.45) is 0 Å². The van der Waals surface area contributed by atoms with Gasteiger partial charge >= 0.3 is 0 Å². The van der Waals surface area contributed by atoms with Crippen LogP contribution in [0.15, 0.2) is 231 Å². The maximum Gasteiger partial charge on any atom is 0.0517 e. The van der Waals surface area contributed by atoms with Gasteiger partial charge in [0.15, 0.2) is 0 Å². The zero-order valence-electron chi connectivity index (χ0n) is 46.4. The minimum Gasteiger partial charge on any atom is -0.334 e. The molecule has 0 spiro atoms. The van der Waals surface area contributed by atoms with E-state index in [4.69, 9.17) is 0 Å². The third-order valence-corrected chi connectivity index (χ3v) is 20.4. The summed E-state index contributed by atoms with van der Waals surface area (Å²) < 4.78 is 0. The van der Waals surface area contributed by atoms with Gasteiger partial charge in [-0.05, 0) is 200 Å². The van der Waals surface area contributed by atoms with E-state index in [0.29, 0.717) is 0 Å². The number of rotatable bonds is 8. The van der Waals surface area contributed by atoms with Crippen LogP contribution < -0.4 is 9.80 Å². The number of benzene rings is 9. The maximum atomic E-state index is 4.43. The first-order chi connectivity index (χ1) is 39.1. The van der Waals surface area contributed by atoms with Gasteiger partial charge in [0.2, 0.25) is 0 Å². The molecule has 0 radical (unpaired) electrons. The van der Waals surface area contributed by atoms with E-state index in [1.54, 1.807) is 0 Å². The zero-order valence-corrected chi connectivity index (χ0v) is 46.4. The van der Waals surface area contributed by atoms with Crippen molar-refractivity contribution in [3.8, 4) is 66.8 Å². The molecular formula is C76H66N4. The Morgan fingerprint density at radius 2 is 0.625 bits per heavy atom. The lowest BCUT2D eigenvalue weighted by Gasteiger charge is -2.50. The van der Waals surface area contributed by atoms with Crippen LogP contribution in [0.25, 0.3) is 88.3 Å². The lowest BCUT2D eigenvalue weighted by atomic mass is 9.61. The highest BCUT2D eigenvalue weighted by Gasteiger charge is 2.59. The van der Waals surface area contributed by atoms with Gasteiger partial charge in [-0.3, -0.25) is 9.97 Å². The predicted molar refractivity (Wildman–Crippen MR) is 335 cm³/mol. The van der Waals surface area contributed by atoms with Crippen molar-refractivity contribution in [3.63, 3.8) is 0 Å². The average molecular weight is 1040 g/mol. The number of hydrogen-bond acceptors (Lipinski definition) is 4. The molecule has 390 valence electrons. The molecule has 15 rings (SSSR count). The van der Waals surface area contributed by atoms with Crippen LogP contribution in [-0.2, 0) is 10.8 Å². The van der Waals surface area contributed by atoms with E-state index in [1.165, 1.54) is 148 Å². The quantitative estimate of drug-likeness (QED) is 0.142. The van der Waals surface area contributed by atoms with Gasteiger partial charge in [-0.15, -0.1) is 0 Å². The van der Waals surface area contributed by atoms with Crippen LogP contribution in [-0.4, -0.2) is 21.0 Å². The van der Waals surface area contributed by atoms with Crippen molar-refractivity contribution in [3.05, 3.63) is 242 Å². The number of hydrogen-bond donors (Lipinski definition) is 0. The Kier molecular flexibility index (Phi) is 11.2. The molecule has 2 fully saturated rings. The Balaban J connectivity index is 0.955. The fourth-order valence-electron chi connectivity index (χ4n) is 15.8. The SMILES string of the molecule is CC12CCCCC1(C)N(c1ccncc1)c1ccc(-c3ccc4c(-c5ccc(-c6ccccc6)cc5)c5cc(-c6ccc7c(c6)[C@@]6(C)CCCCC6(C)N7c6ccncc6)ccc5c(-c5ccc(-c6ccccc6)cc5)c4c3)cc12. The second kappa shape index (κ2) is 18.5. The lowest BCUT2D eigenvalue weighted by molar-refractivity contribution is 0.195. The second-order valence-corrected chi connectivity index (χ2v) is 24.3. The summed E-state index contributed by atoms with van der Waals surface area (Å²) in [5, 5.41) is 5.00. The first kappa shape index (κ1) is 48.5. The van der Waals surface area contributed by atoms with Gasteiger partial charge in [-0.2, -0.15) is 0 Å². The Morgan fingerprint density at radius 3 is 1.02 bits per heavy atom. The summed E-state index contributed by atoms with van der Waals surface area (Å²) >= 11 is 0. The van der Waals surface area contributed by atoms with Gasteiger partial charge in [0.05, 0.1) is 11.1 Å². The number of anilines is 4. The summed E-state index contributed by atoms with van der Waals surface area (Å²) in [7, 11) is 0. The molecule has 2 saturated carbocycles. The van der Waals surface area contributed by atoms with E-state index in [9.17, 15) is 0 Å². The molecule has 2 aliphatic heterocycles. The first-order valence-corrected chi connectivity index (χ1v) is 29.2. The topological polar surface area (TPSA) is 32.3 Å². The molecule has 0 bridgehead atoms. The summed E-state index contributed by atoms with van der Waals surface area (Å²) in [5.74, 6) is 0. The molecule has 0 N–H and O–H groups in total. The molecule has 2 aliphatic carbocycles. The molecule has 0 amide bonds. The molecule has 4 aliphatic rings. The highest BCUT2D eigenvalue weighted by atomic mass is 15.3. The van der Waals surface area contributed by atoms with E-state index in [0.717, 1.165) is 25.7 Å². The van der Waals surface area contributed by atoms with Gasteiger partial charge < -0.3 is 9.80 Å². The van der Waals surface area contributed by atoms with Crippen LogP contribution in [0.4, 0.5) is 22.7 Å². The van der Waals surface area contributed by atoms with Gasteiger partial charge in [-0.25, -0.2) is 0 Å². The molecule has 4 atom stereocenters. The minimum atomic E-state index is -0.0482. The largest absolute Gasteiger partial charge is 0.334 e. The number of aromatic nitrogens is 2. The monoisotopic (exact) mass is 1030 g/mol. The number of fused-ring (bicyclic) bond motifs is 8. The summed E-state index contributed by atoms with van der Waals surface area (Å²) in [6.45, 7) is 10.1. The van der Waals surface area contributed by atoms with Crippen molar-refractivity contribution >= 4 is 44.3 Å². The fraction of sp³-hybridized carbons (Fsp3) is 0.211. The highest BCUT2D eigenvalue weighted by Crippen LogP contribution is 2.63. The normalized spacial score (nSPS) is 22.0. The molecule has 4 nitrogen and oxygen atoms in total. The van der Waals surface area contributed by atoms with Crippen LogP contribution >= 0.6 is 0 Å². The van der Waals surface area contributed by atoms with Crippen LogP contribution in [0, 0.1) is 0 Å². The Morgan fingerprint density at radius 1 is 0.300 bits per heavy atom. The molecule has 2 aromatic heterocycles. The first-order valence-electron chi connectivity index (χ1n) is 29.2. The van der Waals surface area contributed by atoms with Gasteiger partial charge in [0, 0.05) is 58.4 Å². The number of pyridine rings is 2. The van der Waals surface area contributed by atoms with Crippen LogP contribution in [0.3, 0.4) is 0 Å². The van der Waals surface area contributed by atoms with Crippen molar-refractivity contribution in [2.75, 3.05) is 9.80 Å². The summed E-state index contributed by atoms with van der Waals surface area (Å²) in [4.78, 5) is 14.2. The Bertz CT molecular complexity index is 3900. The smallest absolute Gasteiger partial charge is 0.0517 e. The predicted octanol–water partition coefficient (Wildman–Crippen LogP) is 20.3. The molecule has 4 heterocycles. The van der Waals surface area contributed by atoms with Crippen LogP contribution in [0.1, 0.15) is 90.2 Å². The second-order valence-electron chi connectivity index (χ2n) is 24.3. The zero-order chi connectivity index (χ0) is 53.8. The van der Waals surface area contributed by atoms with Crippen LogP contribution in [0.5, 0.6) is 0 Å². The van der Waals surface area contributed by atoms with Crippen molar-refractivity contribution in [1.82, 2.24) is 9.97 Å². The van der Waals surface area contributed by atoms with Gasteiger partial charge in [0.1, 0.15) is 0 Å².